The van der Waals surface area contributed by atoms with E-state index in [0.717, 1.165) is 16.9 Å². The van der Waals surface area contributed by atoms with Crippen LogP contribution in [0.3, 0.4) is 0 Å². The van der Waals surface area contributed by atoms with E-state index in [1.807, 2.05) is 25.1 Å². The monoisotopic (exact) mass is 256 g/mol. The summed E-state index contributed by atoms with van der Waals surface area (Å²) in [6, 6.07) is 14.3. The minimum atomic E-state index is -0.0725. The standard InChI is InChI=1S/C16H20N2O/c1-11-8-9-14(15(10-11)19-3)16(18-17)13-7-5-4-6-12(13)2/h4-10,16,18H,17H2,1-3H3. The van der Waals surface area contributed by atoms with Crippen molar-refractivity contribution in [2.75, 3.05) is 7.11 Å². The van der Waals surface area contributed by atoms with Crippen molar-refractivity contribution in [3.05, 3.63) is 64.7 Å². The van der Waals surface area contributed by atoms with Gasteiger partial charge in [-0.1, -0.05) is 36.4 Å². The van der Waals surface area contributed by atoms with E-state index < -0.39 is 0 Å². The largest absolute Gasteiger partial charge is 0.496 e. The van der Waals surface area contributed by atoms with Gasteiger partial charge in [-0.25, -0.2) is 5.43 Å². The number of aryl methyl sites for hydroxylation is 2. The molecule has 19 heavy (non-hydrogen) atoms. The summed E-state index contributed by atoms with van der Waals surface area (Å²) in [6.07, 6.45) is 0. The Kier molecular flexibility index (Phi) is 4.20. The fourth-order valence-electron chi connectivity index (χ4n) is 2.31. The number of nitrogens with one attached hydrogen (secondary N) is 1. The zero-order chi connectivity index (χ0) is 13.8. The molecule has 2 aromatic rings. The Morgan fingerprint density at radius 3 is 2.42 bits per heavy atom. The minimum absolute atomic E-state index is 0.0725. The molecular formula is C16H20N2O. The second kappa shape index (κ2) is 5.87. The Morgan fingerprint density at radius 2 is 1.79 bits per heavy atom. The SMILES string of the molecule is COc1cc(C)ccc1C(NN)c1ccccc1C. The number of rotatable bonds is 4. The molecule has 3 heteroatoms. The van der Waals surface area contributed by atoms with Crippen molar-refractivity contribution in [2.24, 2.45) is 5.84 Å². The first-order valence-electron chi connectivity index (χ1n) is 6.33. The maximum atomic E-state index is 5.76. The third-order valence-electron chi connectivity index (χ3n) is 3.37. The van der Waals surface area contributed by atoms with Crippen molar-refractivity contribution in [2.45, 2.75) is 19.9 Å². The Hall–Kier alpha value is -1.84. The number of benzene rings is 2. The average Bonchev–Trinajstić information content (AvgIpc) is 2.43. The molecule has 1 unspecified atom stereocenters. The van der Waals surface area contributed by atoms with Crippen LogP contribution in [0.25, 0.3) is 0 Å². The second-order valence-electron chi connectivity index (χ2n) is 4.70. The first-order valence-corrected chi connectivity index (χ1v) is 6.33. The molecule has 0 saturated carbocycles. The van der Waals surface area contributed by atoms with Gasteiger partial charge in [0.2, 0.25) is 0 Å². The molecule has 0 heterocycles. The smallest absolute Gasteiger partial charge is 0.124 e. The van der Waals surface area contributed by atoms with Gasteiger partial charge in [0.25, 0.3) is 0 Å². The molecule has 0 saturated heterocycles. The van der Waals surface area contributed by atoms with Crippen molar-refractivity contribution in [3.63, 3.8) is 0 Å². The van der Waals surface area contributed by atoms with Crippen LogP contribution >= 0.6 is 0 Å². The molecular weight excluding hydrogens is 236 g/mol. The first-order chi connectivity index (χ1) is 9.17. The molecule has 2 aromatic carbocycles. The Bertz CT molecular complexity index is 566. The van der Waals surface area contributed by atoms with Gasteiger partial charge >= 0.3 is 0 Å². The van der Waals surface area contributed by atoms with Gasteiger partial charge in [0.1, 0.15) is 5.75 Å². The van der Waals surface area contributed by atoms with Gasteiger partial charge < -0.3 is 4.74 Å². The quantitative estimate of drug-likeness (QED) is 0.653. The topological polar surface area (TPSA) is 47.3 Å². The van der Waals surface area contributed by atoms with E-state index in [9.17, 15) is 0 Å². The zero-order valence-corrected chi connectivity index (χ0v) is 11.6. The normalized spacial score (nSPS) is 12.2. The van der Waals surface area contributed by atoms with Crippen molar-refractivity contribution in [1.29, 1.82) is 0 Å². The fraction of sp³-hybridized carbons (Fsp3) is 0.250. The highest BCUT2D eigenvalue weighted by Crippen LogP contribution is 2.31. The molecule has 100 valence electrons. The van der Waals surface area contributed by atoms with E-state index in [0.29, 0.717) is 0 Å². The molecule has 0 aliphatic heterocycles. The van der Waals surface area contributed by atoms with E-state index in [1.165, 1.54) is 11.1 Å². The Labute approximate surface area is 114 Å². The fourth-order valence-corrected chi connectivity index (χ4v) is 2.31. The van der Waals surface area contributed by atoms with Gasteiger partial charge in [-0.15, -0.1) is 0 Å². The number of hydrazine groups is 1. The van der Waals surface area contributed by atoms with Gasteiger partial charge in [-0.2, -0.15) is 0 Å². The third-order valence-corrected chi connectivity index (χ3v) is 3.37. The molecule has 3 N–H and O–H groups in total. The molecule has 0 fully saturated rings. The molecule has 0 aliphatic carbocycles. The van der Waals surface area contributed by atoms with Gasteiger partial charge in [-0.05, 0) is 36.6 Å². The van der Waals surface area contributed by atoms with E-state index in [2.05, 4.69) is 36.6 Å². The van der Waals surface area contributed by atoms with Crippen LogP contribution < -0.4 is 16.0 Å². The summed E-state index contributed by atoms with van der Waals surface area (Å²) in [6.45, 7) is 4.13. The van der Waals surface area contributed by atoms with Crippen molar-refractivity contribution < 1.29 is 4.74 Å². The van der Waals surface area contributed by atoms with Gasteiger partial charge in [0.15, 0.2) is 0 Å². The van der Waals surface area contributed by atoms with E-state index in [-0.39, 0.29) is 6.04 Å². The van der Waals surface area contributed by atoms with Gasteiger partial charge in [0, 0.05) is 5.56 Å². The lowest BCUT2D eigenvalue weighted by Crippen LogP contribution is -2.29. The first kappa shape index (κ1) is 13.6. The van der Waals surface area contributed by atoms with Crippen LogP contribution in [0.4, 0.5) is 0 Å². The molecule has 0 bridgehead atoms. The highest BCUT2D eigenvalue weighted by molar-refractivity contribution is 5.45. The second-order valence-corrected chi connectivity index (χ2v) is 4.70. The van der Waals surface area contributed by atoms with Crippen molar-refractivity contribution >= 4 is 0 Å². The summed E-state index contributed by atoms with van der Waals surface area (Å²) in [4.78, 5) is 0. The summed E-state index contributed by atoms with van der Waals surface area (Å²) >= 11 is 0. The molecule has 0 spiro atoms. The molecule has 0 amide bonds. The van der Waals surface area contributed by atoms with E-state index in [4.69, 9.17) is 10.6 Å². The number of hydrogen-bond acceptors (Lipinski definition) is 3. The van der Waals surface area contributed by atoms with E-state index in [1.54, 1.807) is 7.11 Å². The predicted octanol–water partition coefficient (Wildman–Crippen LogP) is 2.86. The highest BCUT2D eigenvalue weighted by Gasteiger charge is 2.18. The molecule has 1 atom stereocenters. The molecule has 0 aromatic heterocycles. The van der Waals surface area contributed by atoms with Crippen LogP contribution in [0.15, 0.2) is 42.5 Å². The molecule has 0 radical (unpaired) electrons. The Balaban J connectivity index is 2.51. The summed E-state index contributed by atoms with van der Waals surface area (Å²) < 4.78 is 5.47. The number of nitrogens with two attached hydrogens (primary N) is 1. The number of hydrogen-bond donors (Lipinski definition) is 2. The Morgan fingerprint density at radius 1 is 1.05 bits per heavy atom. The van der Waals surface area contributed by atoms with Crippen molar-refractivity contribution in [3.8, 4) is 5.75 Å². The van der Waals surface area contributed by atoms with Crippen LogP contribution in [0, 0.1) is 13.8 Å². The average molecular weight is 256 g/mol. The van der Waals surface area contributed by atoms with Crippen LogP contribution in [0.5, 0.6) is 5.75 Å². The predicted molar refractivity (Wildman–Crippen MR) is 78.1 cm³/mol. The lowest BCUT2D eigenvalue weighted by Gasteiger charge is -2.21. The third kappa shape index (κ3) is 2.78. The molecule has 2 rings (SSSR count). The number of methoxy groups -OCH3 is 1. The maximum Gasteiger partial charge on any atom is 0.124 e. The van der Waals surface area contributed by atoms with Crippen LogP contribution in [-0.4, -0.2) is 7.11 Å². The van der Waals surface area contributed by atoms with E-state index >= 15 is 0 Å². The number of ether oxygens (including phenoxy) is 1. The van der Waals surface area contributed by atoms with Gasteiger partial charge in [-0.3, -0.25) is 5.84 Å². The minimum Gasteiger partial charge on any atom is -0.496 e. The maximum absolute atomic E-state index is 5.76. The summed E-state index contributed by atoms with van der Waals surface area (Å²) in [5.41, 5.74) is 7.46. The van der Waals surface area contributed by atoms with Crippen LogP contribution in [-0.2, 0) is 0 Å². The summed E-state index contributed by atoms with van der Waals surface area (Å²) in [7, 11) is 1.68. The lowest BCUT2D eigenvalue weighted by atomic mass is 9.94. The van der Waals surface area contributed by atoms with Gasteiger partial charge in [0.05, 0.1) is 13.2 Å². The summed E-state index contributed by atoms with van der Waals surface area (Å²) in [5, 5.41) is 0. The summed E-state index contributed by atoms with van der Waals surface area (Å²) in [5.74, 6) is 6.61. The lowest BCUT2D eigenvalue weighted by molar-refractivity contribution is 0.404. The van der Waals surface area contributed by atoms with Crippen molar-refractivity contribution in [1.82, 2.24) is 5.43 Å². The molecule has 0 aliphatic rings. The van der Waals surface area contributed by atoms with Crippen LogP contribution in [0.2, 0.25) is 0 Å². The van der Waals surface area contributed by atoms with Crippen LogP contribution in [0.1, 0.15) is 28.3 Å². The highest BCUT2D eigenvalue weighted by atomic mass is 16.5. The molecule has 3 nitrogen and oxygen atoms in total. The zero-order valence-electron chi connectivity index (χ0n) is 11.6.